The van der Waals surface area contributed by atoms with Crippen molar-refractivity contribution >= 4 is 29.1 Å². The van der Waals surface area contributed by atoms with Gasteiger partial charge in [0.2, 0.25) is 0 Å². The monoisotopic (exact) mass is 499 g/mol. The van der Waals surface area contributed by atoms with Gasteiger partial charge >= 0.3 is 11.9 Å². The van der Waals surface area contributed by atoms with Crippen molar-refractivity contribution in [1.29, 1.82) is 0 Å². The van der Waals surface area contributed by atoms with Gasteiger partial charge in [-0.1, -0.05) is 84.4 Å². The molecule has 0 amide bonds. The van der Waals surface area contributed by atoms with Crippen molar-refractivity contribution < 1.29 is 19.4 Å². The lowest BCUT2D eigenvalue weighted by molar-refractivity contribution is -0.138. The van der Waals surface area contributed by atoms with Crippen LogP contribution in [0.4, 0.5) is 0 Å². The lowest BCUT2D eigenvalue weighted by atomic mass is 9.80. The Balaban J connectivity index is 1.66. The fourth-order valence-electron chi connectivity index (χ4n) is 4.48. The Morgan fingerprint density at radius 1 is 0.889 bits per heavy atom. The van der Waals surface area contributed by atoms with Crippen LogP contribution in [0.15, 0.2) is 114 Å². The number of carbonyl (C=O) groups excluding carboxylic acids is 1. The van der Waals surface area contributed by atoms with Crippen molar-refractivity contribution in [3.8, 4) is 0 Å². The van der Waals surface area contributed by atoms with Crippen LogP contribution in [0.2, 0.25) is 5.02 Å². The summed E-state index contributed by atoms with van der Waals surface area (Å²) in [7, 11) is 0. The standard InChI is InChI=1S/C30H26ClNO4/c1-19-26(29(33)34)28(23-14-9-15-24(31)18-23)27(20(2)32-19)30(35)36-17-16-25(21-10-5-3-6-11-21)22-12-7-4-8-13-22/h3-16,18,28,32H,17H2,1-2H3,(H,33,34). The zero-order valence-electron chi connectivity index (χ0n) is 20.0. The molecule has 3 aromatic rings. The Labute approximate surface area is 215 Å². The Hall–Kier alpha value is -4.09. The summed E-state index contributed by atoms with van der Waals surface area (Å²) in [6.45, 7) is 3.44. The van der Waals surface area contributed by atoms with E-state index in [1.54, 1.807) is 38.1 Å². The van der Waals surface area contributed by atoms with E-state index >= 15 is 0 Å². The number of benzene rings is 3. The Morgan fingerprint density at radius 3 is 2.03 bits per heavy atom. The average molecular weight is 500 g/mol. The fourth-order valence-corrected chi connectivity index (χ4v) is 4.68. The highest BCUT2D eigenvalue weighted by Crippen LogP contribution is 2.39. The number of allylic oxidation sites excluding steroid dienone is 2. The van der Waals surface area contributed by atoms with Crippen molar-refractivity contribution in [2.45, 2.75) is 19.8 Å². The zero-order valence-corrected chi connectivity index (χ0v) is 20.8. The van der Waals surface area contributed by atoms with Crippen LogP contribution in [-0.2, 0) is 14.3 Å². The molecule has 1 aliphatic heterocycles. The fraction of sp³-hybridized carbons (Fsp3) is 0.133. The van der Waals surface area contributed by atoms with Crippen LogP contribution in [0, 0.1) is 0 Å². The lowest BCUT2D eigenvalue weighted by Gasteiger charge is -2.29. The van der Waals surface area contributed by atoms with E-state index in [1.165, 1.54) is 0 Å². The molecule has 0 saturated heterocycles. The molecule has 1 aliphatic rings. The summed E-state index contributed by atoms with van der Waals surface area (Å²) >= 11 is 6.21. The number of hydrogen-bond donors (Lipinski definition) is 2. The quantitative estimate of drug-likeness (QED) is 0.371. The third-order valence-electron chi connectivity index (χ3n) is 6.06. The summed E-state index contributed by atoms with van der Waals surface area (Å²) in [5.74, 6) is -2.52. The topological polar surface area (TPSA) is 75.6 Å². The van der Waals surface area contributed by atoms with Gasteiger partial charge < -0.3 is 15.2 Å². The predicted octanol–water partition coefficient (Wildman–Crippen LogP) is 6.33. The van der Waals surface area contributed by atoms with E-state index < -0.39 is 17.9 Å². The van der Waals surface area contributed by atoms with E-state index in [9.17, 15) is 14.7 Å². The number of carbonyl (C=O) groups is 2. The minimum Gasteiger partial charge on any atom is -0.478 e. The zero-order chi connectivity index (χ0) is 25.7. The van der Waals surface area contributed by atoms with E-state index in [1.807, 2.05) is 66.7 Å². The van der Waals surface area contributed by atoms with Gasteiger partial charge in [0.05, 0.1) is 17.1 Å². The highest BCUT2D eigenvalue weighted by molar-refractivity contribution is 6.30. The van der Waals surface area contributed by atoms with E-state index in [0.29, 0.717) is 22.0 Å². The van der Waals surface area contributed by atoms with E-state index in [2.05, 4.69) is 5.32 Å². The molecule has 1 atom stereocenters. The van der Waals surface area contributed by atoms with Crippen LogP contribution < -0.4 is 5.32 Å². The maximum Gasteiger partial charge on any atom is 0.337 e. The summed E-state index contributed by atoms with van der Waals surface area (Å²) in [5.41, 5.74) is 4.88. The number of esters is 1. The summed E-state index contributed by atoms with van der Waals surface area (Å²) in [4.78, 5) is 25.6. The number of ether oxygens (including phenoxy) is 1. The molecular weight excluding hydrogens is 474 g/mol. The summed E-state index contributed by atoms with van der Waals surface area (Å²) in [5, 5.41) is 13.5. The van der Waals surface area contributed by atoms with Crippen molar-refractivity contribution in [1.82, 2.24) is 5.32 Å². The second-order valence-electron chi connectivity index (χ2n) is 8.44. The molecule has 4 rings (SSSR count). The SMILES string of the molecule is CC1=C(C(=O)O)C(c2cccc(Cl)c2)C(C(=O)OCC=C(c2ccccc2)c2ccccc2)=C(C)N1. The number of dihydropyridines is 1. The number of rotatable bonds is 7. The average Bonchev–Trinajstić information content (AvgIpc) is 2.87. The molecule has 1 unspecified atom stereocenters. The number of carboxylic acids is 1. The van der Waals surface area contributed by atoms with Crippen LogP contribution in [0.5, 0.6) is 0 Å². The van der Waals surface area contributed by atoms with Gasteiger partial charge in [0.25, 0.3) is 0 Å². The van der Waals surface area contributed by atoms with Crippen LogP contribution in [-0.4, -0.2) is 23.7 Å². The minimum atomic E-state index is -1.11. The number of nitrogens with one attached hydrogen (secondary N) is 1. The second-order valence-corrected chi connectivity index (χ2v) is 8.88. The van der Waals surface area contributed by atoms with Gasteiger partial charge in [0.15, 0.2) is 0 Å². The first kappa shape index (κ1) is 25.0. The normalized spacial score (nSPS) is 15.2. The maximum absolute atomic E-state index is 13.4. The third kappa shape index (κ3) is 5.42. The largest absolute Gasteiger partial charge is 0.478 e. The van der Waals surface area contributed by atoms with Crippen molar-refractivity contribution in [2.75, 3.05) is 6.61 Å². The van der Waals surface area contributed by atoms with Crippen molar-refractivity contribution in [3.63, 3.8) is 0 Å². The molecule has 0 aromatic heterocycles. The highest BCUT2D eigenvalue weighted by atomic mass is 35.5. The predicted molar refractivity (Wildman–Crippen MR) is 141 cm³/mol. The smallest absolute Gasteiger partial charge is 0.337 e. The molecule has 0 spiro atoms. The van der Waals surface area contributed by atoms with Gasteiger partial charge in [-0.15, -0.1) is 0 Å². The van der Waals surface area contributed by atoms with Crippen LogP contribution >= 0.6 is 11.6 Å². The molecule has 3 aromatic carbocycles. The number of halogens is 1. The first-order valence-corrected chi connectivity index (χ1v) is 11.9. The van der Waals surface area contributed by atoms with Gasteiger partial charge in [0, 0.05) is 16.4 Å². The summed E-state index contributed by atoms with van der Waals surface area (Å²) in [6, 6.07) is 26.6. The molecule has 0 saturated carbocycles. The van der Waals surface area contributed by atoms with E-state index in [-0.39, 0.29) is 17.8 Å². The van der Waals surface area contributed by atoms with Crippen LogP contribution in [0.3, 0.4) is 0 Å². The van der Waals surface area contributed by atoms with Crippen molar-refractivity contribution in [3.05, 3.63) is 135 Å². The minimum absolute atomic E-state index is 0.0160. The second kappa shape index (κ2) is 11.1. The third-order valence-corrected chi connectivity index (χ3v) is 6.30. The Morgan fingerprint density at radius 2 is 1.47 bits per heavy atom. The molecular formula is C30H26ClNO4. The molecule has 182 valence electrons. The summed E-state index contributed by atoms with van der Waals surface area (Å²) in [6.07, 6.45) is 1.86. The number of hydrogen-bond acceptors (Lipinski definition) is 4. The number of carboxylic acid groups (broad SMARTS) is 1. The van der Waals surface area contributed by atoms with Gasteiger partial charge in [-0.25, -0.2) is 9.59 Å². The first-order valence-electron chi connectivity index (χ1n) is 11.5. The molecule has 2 N–H and O–H groups in total. The van der Waals surface area contributed by atoms with Gasteiger partial charge in [-0.3, -0.25) is 0 Å². The van der Waals surface area contributed by atoms with E-state index in [0.717, 1.165) is 16.7 Å². The van der Waals surface area contributed by atoms with Crippen molar-refractivity contribution in [2.24, 2.45) is 0 Å². The van der Waals surface area contributed by atoms with Gasteiger partial charge in [-0.05, 0) is 54.3 Å². The number of aliphatic carboxylic acids is 1. The van der Waals surface area contributed by atoms with Crippen LogP contribution in [0.25, 0.3) is 5.57 Å². The Kier molecular flexibility index (Phi) is 7.71. The van der Waals surface area contributed by atoms with Gasteiger partial charge in [-0.2, -0.15) is 0 Å². The molecule has 1 heterocycles. The van der Waals surface area contributed by atoms with Gasteiger partial charge in [0.1, 0.15) is 6.61 Å². The molecule has 36 heavy (non-hydrogen) atoms. The lowest BCUT2D eigenvalue weighted by Crippen LogP contribution is -2.31. The highest BCUT2D eigenvalue weighted by Gasteiger charge is 2.37. The molecule has 0 fully saturated rings. The van der Waals surface area contributed by atoms with Crippen LogP contribution in [0.1, 0.15) is 36.5 Å². The molecule has 5 nitrogen and oxygen atoms in total. The molecule has 0 aliphatic carbocycles. The molecule has 6 heteroatoms. The maximum atomic E-state index is 13.4. The Bertz CT molecular complexity index is 1330. The summed E-state index contributed by atoms with van der Waals surface area (Å²) < 4.78 is 5.71. The van der Waals surface area contributed by atoms with E-state index in [4.69, 9.17) is 16.3 Å². The first-order chi connectivity index (χ1) is 17.4. The molecule has 0 radical (unpaired) electrons. The molecule has 0 bridgehead atoms.